The van der Waals surface area contributed by atoms with Crippen LogP contribution in [0.3, 0.4) is 0 Å². The fourth-order valence-corrected chi connectivity index (χ4v) is 5.94. The van der Waals surface area contributed by atoms with Crippen LogP contribution in [-0.2, 0) is 41.7 Å². The summed E-state index contributed by atoms with van der Waals surface area (Å²) in [5, 5.41) is 23.6. The van der Waals surface area contributed by atoms with Gasteiger partial charge in [-0.15, -0.1) is 0 Å². The second-order valence-corrected chi connectivity index (χ2v) is 12.5. The fraction of sp³-hybridized carbons (Fsp3) is 0.472. The van der Waals surface area contributed by atoms with Gasteiger partial charge in [0, 0.05) is 31.6 Å². The number of benzene rings is 2. The van der Waals surface area contributed by atoms with Crippen molar-refractivity contribution < 1.29 is 47.0 Å². The van der Waals surface area contributed by atoms with Crippen molar-refractivity contribution in [1.82, 2.24) is 15.5 Å². The number of rotatable bonds is 16. The van der Waals surface area contributed by atoms with E-state index in [9.17, 15) is 42.3 Å². The maximum absolute atomic E-state index is 13.9. The SMILES string of the molecule is CC(=O)N(C1CCCC[C@@H]1NC(=O)C(Cc1ccc(C(=N)N)cc1)C(=O)NCc1ccccc1)[C@@H](CCCN=C(N)N)C(=O)O.CCOC(=O)C(F)(F)F. The Balaban J connectivity index is 0.000000990. The van der Waals surface area contributed by atoms with Crippen molar-refractivity contribution in [3.05, 3.63) is 71.3 Å². The minimum Gasteiger partial charge on any atom is -0.480 e. The number of amides is 3. The maximum atomic E-state index is 13.9. The monoisotopic (exact) mass is 762 g/mol. The van der Waals surface area contributed by atoms with Crippen LogP contribution in [0.5, 0.6) is 0 Å². The van der Waals surface area contributed by atoms with Crippen LogP contribution in [0.25, 0.3) is 0 Å². The summed E-state index contributed by atoms with van der Waals surface area (Å²) >= 11 is 0. The molecule has 1 saturated carbocycles. The molecule has 0 saturated heterocycles. The van der Waals surface area contributed by atoms with E-state index in [2.05, 4.69) is 20.4 Å². The zero-order valence-corrected chi connectivity index (χ0v) is 30.2. The quantitative estimate of drug-likeness (QED) is 0.0432. The summed E-state index contributed by atoms with van der Waals surface area (Å²) < 4.78 is 37.1. The van der Waals surface area contributed by atoms with E-state index >= 15 is 0 Å². The third kappa shape index (κ3) is 14.7. The van der Waals surface area contributed by atoms with Crippen molar-refractivity contribution in [1.29, 1.82) is 5.41 Å². The lowest BCUT2D eigenvalue weighted by Crippen LogP contribution is -2.60. The lowest BCUT2D eigenvalue weighted by molar-refractivity contribution is -0.199. The Morgan fingerprint density at radius 2 is 1.61 bits per heavy atom. The lowest BCUT2D eigenvalue weighted by Gasteiger charge is -2.43. The highest BCUT2D eigenvalue weighted by Gasteiger charge is 2.41. The molecule has 1 fully saturated rings. The number of amidine groups is 1. The number of halogens is 3. The number of nitrogen functional groups attached to an aromatic ring is 1. The summed E-state index contributed by atoms with van der Waals surface area (Å²) in [6.07, 6.45) is -1.75. The topological polar surface area (TPSA) is 256 Å². The van der Waals surface area contributed by atoms with E-state index in [0.717, 1.165) is 18.4 Å². The molecule has 0 aliphatic heterocycles. The zero-order chi connectivity index (χ0) is 40.4. The summed E-state index contributed by atoms with van der Waals surface area (Å²) in [6.45, 7) is 2.83. The molecule has 0 spiro atoms. The predicted molar refractivity (Wildman–Crippen MR) is 194 cm³/mol. The molecule has 1 aliphatic rings. The summed E-state index contributed by atoms with van der Waals surface area (Å²) in [7, 11) is 0. The molecule has 0 aromatic heterocycles. The Hall–Kier alpha value is -5.68. The van der Waals surface area contributed by atoms with E-state index in [1.165, 1.54) is 18.7 Å². The summed E-state index contributed by atoms with van der Waals surface area (Å²) in [5.41, 5.74) is 18.4. The number of alkyl halides is 3. The number of guanidine groups is 1. The minimum absolute atomic E-state index is 0.0843. The minimum atomic E-state index is -4.85. The van der Waals surface area contributed by atoms with Crippen LogP contribution in [0, 0.1) is 11.3 Å². The molecule has 18 heteroatoms. The standard InChI is InChI=1S/C32H44N8O5.C4H5F3O2/c1-20(41)40(27(31(44)45)12-7-17-37-32(35)36)26-11-6-5-10-25(26)39-30(43)24(18-21-13-15-23(16-14-21)28(33)34)29(42)38-19-22-8-3-2-4-9-22;1-2-9-3(8)4(5,6)7/h2-4,8-9,13-16,24-27H,5-7,10-12,17-19H2,1H3,(H3,33,34)(H,38,42)(H,39,43)(H,44,45)(H4,35,36,37);2H2,1H3/t24?,25-,26?,27-;/m0./s1. The van der Waals surface area contributed by atoms with E-state index in [-0.39, 0.29) is 44.3 Å². The van der Waals surface area contributed by atoms with Gasteiger partial charge in [-0.05, 0) is 50.2 Å². The van der Waals surface area contributed by atoms with Gasteiger partial charge in [-0.1, -0.05) is 67.4 Å². The highest BCUT2D eigenvalue weighted by molar-refractivity contribution is 6.01. The van der Waals surface area contributed by atoms with E-state index in [1.807, 2.05) is 30.3 Å². The Morgan fingerprint density at radius 1 is 0.981 bits per heavy atom. The van der Waals surface area contributed by atoms with Gasteiger partial charge in [-0.2, -0.15) is 13.2 Å². The van der Waals surface area contributed by atoms with Crippen LogP contribution >= 0.6 is 0 Å². The Morgan fingerprint density at radius 3 is 2.13 bits per heavy atom. The van der Waals surface area contributed by atoms with Gasteiger partial charge in [0.2, 0.25) is 17.7 Å². The highest BCUT2D eigenvalue weighted by atomic mass is 19.4. The number of nitrogens with one attached hydrogen (secondary N) is 3. The molecule has 1 aliphatic carbocycles. The molecule has 0 radical (unpaired) electrons. The average molecular weight is 763 g/mol. The molecule has 10 N–H and O–H groups in total. The molecular weight excluding hydrogens is 713 g/mol. The van der Waals surface area contributed by atoms with Gasteiger partial charge in [0.05, 0.1) is 12.6 Å². The largest absolute Gasteiger partial charge is 0.490 e. The molecule has 296 valence electrons. The van der Waals surface area contributed by atoms with Crippen molar-refractivity contribution in [2.24, 2.45) is 28.1 Å². The molecule has 3 rings (SSSR count). The van der Waals surface area contributed by atoms with Gasteiger partial charge < -0.3 is 42.6 Å². The molecule has 54 heavy (non-hydrogen) atoms. The highest BCUT2D eigenvalue weighted by Crippen LogP contribution is 2.27. The van der Waals surface area contributed by atoms with Crippen molar-refractivity contribution in [2.75, 3.05) is 13.2 Å². The van der Waals surface area contributed by atoms with Crippen LogP contribution < -0.4 is 27.8 Å². The first-order valence-corrected chi connectivity index (χ1v) is 17.3. The maximum Gasteiger partial charge on any atom is 0.490 e. The van der Waals surface area contributed by atoms with Crippen LogP contribution in [0.4, 0.5) is 13.2 Å². The number of nitrogens with zero attached hydrogens (tertiary/aromatic N) is 2. The number of carboxylic acid groups (broad SMARTS) is 1. The molecule has 2 unspecified atom stereocenters. The van der Waals surface area contributed by atoms with Crippen LogP contribution in [0.2, 0.25) is 0 Å². The molecule has 0 heterocycles. The first kappa shape index (κ1) is 44.5. The number of carbonyl (C=O) groups is 5. The molecule has 2 aromatic carbocycles. The number of carbonyl (C=O) groups excluding carboxylic acids is 4. The second kappa shape index (κ2) is 21.8. The smallest absolute Gasteiger partial charge is 0.480 e. The molecular formula is C36H49F3N8O7. The van der Waals surface area contributed by atoms with Gasteiger partial charge in [0.15, 0.2) is 5.96 Å². The number of ether oxygens (including phenoxy) is 1. The Kier molecular flexibility index (Phi) is 17.9. The number of carboxylic acids is 1. The third-order valence-corrected chi connectivity index (χ3v) is 8.48. The summed E-state index contributed by atoms with van der Waals surface area (Å²) in [4.78, 5) is 67.6. The number of hydrogen-bond donors (Lipinski definition) is 7. The van der Waals surface area contributed by atoms with Gasteiger partial charge in [-0.3, -0.25) is 24.8 Å². The lowest BCUT2D eigenvalue weighted by atomic mass is 9.86. The first-order valence-electron chi connectivity index (χ1n) is 17.3. The van der Waals surface area contributed by atoms with Gasteiger partial charge in [0.25, 0.3) is 0 Å². The average Bonchev–Trinajstić information content (AvgIpc) is 3.11. The van der Waals surface area contributed by atoms with Crippen molar-refractivity contribution >= 4 is 41.5 Å². The number of hydrogen-bond acceptors (Lipinski definition) is 8. The number of aliphatic carboxylic acids is 1. The van der Waals surface area contributed by atoms with Crippen LogP contribution in [0.1, 0.15) is 69.1 Å². The fourth-order valence-electron chi connectivity index (χ4n) is 5.94. The molecule has 2 aromatic rings. The molecule has 0 bridgehead atoms. The van der Waals surface area contributed by atoms with E-state index < -0.39 is 59.9 Å². The zero-order valence-electron chi connectivity index (χ0n) is 30.2. The predicted octanol–water partition coefficient (Wildman–Crippen LogP) is 2.34. The second-order valence-electron chi connectivity index (χ2n) is 12.5. The van der Waals surface area contributed by atoms with Crippen molar-refractivity contribution in [3.8, 4) is 0 Å². The van der Waals surface area contributed by atoms with E-state index in [1.54, 1.807) is 24.3 Å². The summed E-state index contributed by atoms with van der Waals surface area (Å²) in [5.74, 6) is -5.99. The number of esters is 1. The molecule has 4 atom stereocenters. The normalized spacial score (nSPS) is 16.2. The molecule has 15 nitrogen and oxygen atoms in total. The number of aliphatic imine (C=N–C) groups is 1. The van der Waals surface area contributed by atoms with Gasteiger partial charge >= 0.3 is 18.1 Å². The Labute approximate surface area is 311 Å². The molecule has 3 amide bonds. The first-order chi connectivity index (χ1) is 25.5. The number of nitrogens with two attached hydrogens (primary N) is 3. The third-order valence-electron chi connectivity index (χ3n) is 8.48. The van der Waals surface area contributed by atoms with Gasteiger partial charge in [0.1, 0.15) is 17.8 Å². The van der Waals surface area contributed by atoms with E-state index in [4.69, 9.17) is 22.6 Å². The van der Waals surface area contributed by atoms with Gasteiger partial charge in [-0.25, -0.2) is 9.59 Å². The summed E-state index contributed by atoms with van der Waals surface area (Å²) in [6, 6.07) is 13.8. The van der Waals surface area contributed by atoms with Crippen LogP contribution in [-0.4, -0.2) is 88.9 Å². The van der Waals surface area contributed by atoms with Crippen LogP contribution in [0.15, 0.2) is 59.6 Å². The van der Waals surface area contributed by atoms with Crippen molar-refractivity contribution in [3.63, 3.8) is 0 Å². The van der Waals surface area contributed by atoms with E-state index in [0.29, 0.717) is 30.4 Å². The van der Waals surface area contributed by atoms with Crippen molar-refractivity contribution in [2.45, 2.75) is 89.6 Å². The Bertz CT molecular complexity index is 1600.